The first-order chi connectivity index (χ1) is 9.36. The summed E-state index contributed by atoms with van der Waals surface area (Å²) in [5, 5.41) is 43.4. The third-order valence-corrected chi connectivity index (χ3v) is 2.46. The van der Waals surface area contributed by atoms with Crippen LogP contribution in [0, 0.1) is 0 Å². The number of aliphatic hydroxyl groups is 4. The number of amides is 2. The molecule has 0 aromatic heterocycles. The van der Waals surface area contributed by atoms with Crippen LogP contribution in [0.1, 0.15) is 34.6 Å². The van der Waals surface area contributed by atoms with Crippen molar-refractivity contribution in [2.45, 2.75) is 70.6 Å². The van der Waals surface area contributed by atoms with Gasteiger partial charge in [-0.05, 0) is 34.6 Å². The van der Waals surface area contributed by atoms with E-state index in [9.17, 15) is 30.0 Å². The molecule has 0 saturated heterocycles. The summed E-state index contributed by atoms with van der Waals surface area (Å²) in [6.45, 7) is 8.32. The summed E-state index contributed by atoms with van der Waals surface area (Å²) in [5.74, 6) is -1.81. The Hall–Kier alpha value is -1.22. The van der Waals surface area contributed by atoms with Gasteiger partial charge in [-0.1, -0.05) is 0 Å². The predicted octanol–water partition coefficient (Wildman–Crippen LogP) is -2.13. The Bertz CT molecular complexity index is 366. The summed E-state index contributed by atoms with van der Waals surface area (Å²) in [5.41, 5.74) is -0.642. The Kier molecular flexibility index (Phi) is 7.25. The van der Waals surface area contributed by atoms with Crippen LogP contribution in [-0.4, -0.2) is 68.2 Å². The normalized spacial score (nSPS) is 17.8. The maximum absolute atomic E-state index is 11.7. The molecule has 2 amide bonds. The van der Waals surface area contributed by atoms with Crippen LogP contribution in [-0.2, 0) is 9.59 Å². The average molecular weight is 306 g/mol. The summed E-state index contributed by atoms with van der Waals surface area (Å²) in [7, 11) is 0. The zero-order valence-electron chi connectivity index (χ0n) is 13.0. The van der Waals surface area contributed by atoms with Gasteiger partial charge in [0.15, 0.2) is 12.2 Å². The van der Waals surface area contributed by atoms with Crippen molar-refractivity contribution in [3.05, 3.63) is 0 Å². The highest BCUT2D eigenvalue weighted by molar-refractivity contribution is 5.83. The first-order valence-corrected chi connectivity index (χ1v) is 6.71. The molecule has 0 bridgehead atoms. The Labute approximate surface area is 124 Å². The van der Waals surface area contributed by atoms with Gasteiger partial charge in [-0.15, -0.1) is 0 Å². The second-order valence-corrected chi connectivity index (χ2v) is 6.27. The lowest BCUT2D eigenvalue weighted by Gasteiger charge is -2.28. The summed E-state index contributed by atoms with van der Waals surface area (Å²) < 4.78 is 0. The van der Waals surface area contributed by atoms with Crippen molar-refractivity contribution in [3.63, 3.8) is 0 Å². The van der Waals surface area contributed by atoms with Gasteiger partial charge in [0.25, 0.3) is 11.8 Å². The largest absolute Gasteiger partial charge is 0.387 e. The van der Waals surface area contributed by atoms with Crippen LogP contribution < -0.4 is 10.6 Å². The fraction of sp³-hybridized carbons (Fsp3) is 0.846. The lowest BCUT2D eigenvalue weighted by atomic mass is 10.0. The van der Waals surface area contributed by atoms with E-state index >= 15 is 0 Å². The van der Waals surface area contributed by atoms with Gasteiger partial charge < -0.3 is 31.1 Å². The summed E-state index contributed by atoms with van der Waals surface area (Å²) >= 11 is 0. The van der Waals surface area contributed by atoms with Crippen molar-refractivity contribution >= 4 is 11.8 Å². The van der Waals surface area contributed by atoms with Gasteiger partial charge in [-0.3, -0.25) is 9.59 Å². The lowest BCUT2D eigenvalue weighted by molar-refractivity contribution is -0.156. The molecule has 0 saturated carbocycles. The van der Waals surface area contributed by atoms with Crippen molar-refractivity contribution in [2.75, 3.05) is 0 Å². The van der Waals surface area contributed by atoms with Crippen molar-refractivity contribution in [2.24, 2.45) is 0 Å². The number of rotatable bonds is 6. The highest BCUT2D eigenvalue weighted by Crippen LogP contribution is 2.08. The van der Waals surface area contributed by atoms with Crippen LogP contribution in [0.4, 0.5) is 0 Å². The average Bonchev–Trinajstić information content (AvgIpc) is 2.32. The fourth-order valence-corrected chi connectivity index (χ4v) is 1.50. The fourth-order valence-electron chi connectivity index (χ4n) is 1.50. The summed E-state index contributed by atoms with van der Waals surface area (Å²) in [4.78, 5) is 23.2. The van der Waals surface area contributed by atoms with E-state index in [1.807, 2.05) is 0 Å². The van der Waals surface area contributed by atoms with Gasteiger partial charge in [0, 0.05) is 11.6 Å². The molecule has 0 rings (SSSR count). The van der Waals surface area contributed by atoms with Crippen LogP contribution in [0.2, 0.25) is 0 Å². The second kappa shape index (κ2) is 7.69. The minimum absolute atomic E-state index is 0.273. The van der Waals surface area contributed by atoms with Gasteiger partial charge in [0.1, 0.15) is 12.2 Å². The molecule has 0 aromatic carbocycles. The van der Waals surface area contributed by atoms with Crippen molar-refractivity contribution in [1.29, 1.82) is 0 Å². The monoisotopic (exact) mass is 306 g/mol. The zero-order chi connectivity index (χ0) is 17.0. The quantitative estimate of drug-likeness (QED) is 0.331. The standard InChI is InChI=1S/C13H26N2O6/c1-6(2)14-11(20)9(18)7(16)8(17)10(19)12(21)15-13(3,4)5/h6-10,16-19H,1-5H3,(H,14,20)(H,15,21)/t7-,8+,9+,10-/m0/s1. The van der Waals surface area contributed by atoms with Crippen LogP contribution in [0.25, 0.3) is 0 Å². The number of carbonyl (C=O) groups is 2. The van der Waals surface area contributed by atoms with Gasteiger partial charge in [0.2, 0.25) is 0 Å². The predicted molar refractivity (Wildman–Crippen MR) is 75.2 cm³/mol. The molecule has 21 heavy (non-hydrogen) atoms. The van der Waals surface area contributed by atoms with Crippen molar-refractivity contribution in [1.82, 2.24) is 10.6 Å². The molecule has 0 aliphatic heterocycles. The van der Waals surface area contributed by atoms with Gasteiger partial charge in [-0.2, -0.15) is 0 Å². The molecule has 8 heteroatoms. The molecule has 0 unspecified atom stereocenters. The first kappa shape index (κ1) is 19.8. The SMILES string of the molecule is CC(C)NC(=O)[C@H](O)[C@@H](O)[C@@H](O)[C@H](O)C(=O)NC(C)(C)C. The van der Waals surface area contributed by atoms with E-state index in [-0.39, 0.29) is 6.04 Å². The molecule has 124 valence electrons. The minimum Gasteiger partial charge on any atom is -0.387 e. The molecule has 0 fully saturated rings. The molecule has 4 atom stereocenters. The van der Waals surface area contributed by atoms with Crippen molar-refractivity contribution in [3.8, 4) is 0 Å². The summed E-state index contributed by atoms with van der Waals surface area (Å²) in [6.07, 6.45) is -7.93. The third kappa shape index (κ3) is 6.85. The number of carbonyl (C=O) groups excluding carboxylic acids is 2. The van der Waals surface area contributed by atoms with Gasteiger partial charge >= 0.3 is 0 Å². The first-order valence-electron chi connectivity index (χ1n) is 6.71. The van der Waals surface area contributed by atoms with E-state index in [4.69, 9.17) is 0 Å². The van der Waals surface area contributed by atoms with E-state index in [0.717, 1.165) is 0 Å². The Morgan fingerprint density at radius 1 is 0.857 bits per heavy atom. The number of aliphatic hydroxyl groups excluding tert-OH is 4. The van der Waals surface area contributed by atoms with E-state index in [1.165, 1.54) is 0 Å². The molecule has 0 radical (unpaired) electrons. The van der Waals surface area contributed by atoms with Gasteiger partial charge in [0.05, 0.1) is 0 Å². The summed E-state index contributed by atoms with van der Waals surface area (Å²) in [6, 6.07) is -0.273. The van der Waals surface area contributed by atoms with E-state index < -0.39 is 41.8 Å². The van der Waals surface area contributed by atoms with Crippen molar-refractivity contribution < 1.29 is 30.0 Å². The maximum Gasteiger partial charge on any atom is 0.252 e. The van der Waals surface area contributed by atoms with Crippen LogP contribution in [0.5, 0.6) is 0 Å². The second-order valence-electron chi connectivity index (χ2n) is 6.27. The molecule has 0 aromatic rings. The molecule has 0 spiro atoms. The number of nitrogens with one attached hydrogen (secondary N) is 2. The minimum atomic E-state index is -2.00. The van der Waals surface area contributed by atoms with Crippen LogP contribution in [0.15, 0.2) is 0 Å². The molecule has 8 nitrogen and oxygen atoms in total. The molecule has 6 N–H and O–H groups in total. The Morgan fingerprint density at radius 3 is 1.57 bits per heavy atom. The molecular formula is C13H26N2O6. The number of hydrogen-bond acceptors (Lipinski definition) is 6. The molecular weight excluding hydrogens is 280 g/mol. The number of hydrogen-bond donors (Lipinski definition) is 6. The highest BCUT2D eigenvalue weighted by Gasteiger charge is 2.38. The maximum atomic E-state index is 11.7. The van der Waals surface area contributed by atoms with Crippen LogP contribution >= 0.6 is 0 Å². The Morgan fingerprint density at radius 2 is 1.24 bits per heavy atom. The lowest BCUT2D eigenvalue weighted by Crippen LogP contribution is -2.56. The Balaban J connectivity index is 4.71. The van der Waals surface area contributed by atoms with E-state index in [2.05, 4.69) is 10.6 Å². The van der Waals surface area contributed by atoms with E-state index in [0.29, 0.717) is 0 Å². The zero-order valence-corrected chi connectivity index (χ0v) is 13.0. The topological polar surface area (TPSA) is 139 Å². The molecule has 0 aliphatic rings. The third-order valence-electron chi connectivity index (χ3n) is 2.46. The van der Waals surface area contributed by atoms with Crippen LogP contribution in [0.3, 0.4) is 0 Å². The molecule has 0 heterocycles. The van der Waals surface area contributed by atoms with E-state index in [1.54, 1.807) is 34.6 Å². The van der Waals surface area contributed by atoms with Gasteiger partial charge in [-0.25, -0.2) is 0 Å². The molecule has 0 aliphatic carbocycles. The highest BCUT2D eigenvalue weighted by atomic mass is 16.4. The smallest absolute Gasteiger partial charge is 0.252 e.